The van der Waals surface area contributed by atoms with Crippen molar-refractivity contribution in [3.63, 3.8) is 0 Å². The number of nitrogens with zero attached hydrogens (tertiary/aromatic N) is 3. The number of carbonyl (C=O) groups excluding carboxylic acids is 1. The van der Waals surface area contributed by atoms with Gasteiger partial charge in [0.2, 0.25) is 5.82 Å². The fourth-order valence-electron chi connectivity index (χ4n) is 3.05. The lowest BCUT2D eigenvalue weighted by molar-refractivity contribution is -0.305. The van der Waals surface area contributed by atoms with E-state index in [1.54, 1.807) is 36.1 Å². The molecular weight excluding hydrogens is 417 g/mol. The second-order valence-corrected chi connectivity index (χ2v) is 7.11. The van der Waals surface area contributed by atoms with Crippen LogP contribution in [0.1, 0.15) is 6.42 Å². The van der Waals surface area contributed by atoms with Crippen LogP contribution in [0.15, 0.2) is 47.1 Å². The van der Waals surface area contributed by atoms with Crippen molar-refractivity contribution in [1.82, 2.24) is 14.7 Å². The van der Waals surface area contributed by atoms with Crippen molar-refractivity contribution in [2.45, 2.75) is 13.0 Å². The lowest BCUT2D eigenvalue weighted by Crippen LogP contribution is -2.23. The lowest BCUT2D eigenvalue weighted by Gasteiger charge is -2.06. The molecule has 9 heteroatoms. The Bertz CT molecular complexity index is 1220. The zero-order valence-electron chi connectivity index (χ0n) is 15.2. The number of benzene rings is 2. The number of methoxy groups -OCH3 is 1. The van der Waals surface area contributed by atoms with Crippen LogP contribution in [0.2, 0.25) is 10.0 Å². The molecule has 2 aromatic carbocycles. The van der Waals surface area contributed by atoms with E-state index in [9.17, 15) is 9.90 Å². The number of hydrogen-bond acceptors (Lipinski definition) is 6. The Morgan fingerprint density at radius 1 is 1.17 bits per heavy atom. The Labute approximate surface area is 175 Å². The van der Waals surface area contributed by atoms with Crippen LogP contribution >= 0.6 is 23.2 Å². The molecule has 7 nitrogen and oxygen atoms in total. The second-order valence-electron chi connectivity index (χ2n) is 6.30. The van der Waals surface area contributed by atoms with Crippen LogP contribution in [0, 0.1) is 0 Å². The number of rotatable bonds is 6. The summed E-state index contributed by atoms with van der Waals surface area (Å²) >= 11 is 12.5. The van der Waals surface area contributed by atoms with Gasteiger partial charge in [0, 0.05) is 47.2 Å². The molecule has 0 fully saturated rings. The molecule has 148 valence electrons. The average Bonchev–Trinajstić information content (AvgIpc) is 3.31. The predicted molar refractivity (Wildman–Crippen MR) is 107 cm³/mol. The molecule has 0 spiro atoms. The van der Waals surface area contributed by atoms with Gasteiger partial charge < -0.3 is 23.7 Å². The van der Waals surface area contributed by atoms with Gasteiger partial charge in [0.1, 0.15) is 5.75 Å². The van der Waals surface area contributed by atoms with E-state index in [2.05, 4.69) is 10.1 Å². The Hall–Kier alpha value is -3.03. The van der Waals surface area contributed by atoms with E-state index >= 15 is 0 Å². The van der Waals surface area contributed by atoms with Gasteiger partial charge in [-0.1, -0.05) is 28.4 Å². The Morgan fingerprint density at radius 2 is 1.97 bits per heavy atom. The summed E-state index contributed by atoms with van der Waals surface area (Å²) in [7, 11) is 1.54. The molecule has 0 N–H and O–H groups in total. The summed E-state index contributed by atoms with van der Waals surface area (Å²) in [5, 5.41) is 16.5. The van der Waals surface area contributed by atoms with E-state index in [-0.39, 0.29) is 13.0 Å². The number of aliphatic carboxylic acids is 1. The van der Waals surface area contributed by atoms with Gasteiger partial charge in [0.15, 0.2) is 0 Å². The van der Waals surface area contributed by atoms with E-state index in [1.807, 2.05) is 18.2 Å². The maximum Gasteiger partial charge on any atom is 0.258 e. The number of hydrogen-bond donors (Lipinski definition) is 0. The number of fused-ring (bicyclic) bond motifs is 1. The number of carboxylic acid groups (broad SMARTS) is 1. The number of carboxylic acids is 1. The number of carbonyl (C=O) groups is 1. The smallest absolute Gasteiger partial charge is 0.258 e. The summed E-state index contributed by atoms with van der Waals surface area (Å²) in [6, 6.07) is 10.7. The highest BCUT2D eigenvalue weighted by atomic mass is 35.5. The van der Waals surface area contributed by atoms with Gasteiger partial charge in [-0.05, 0) is 36.4 Å². The van der Waals surface area contributed by atoms with Crippen LogP contribution in [0.3, 0.4) is 0 Å². The summed E-state index contributed by atoms with van der Waals surface area (Å²) in [4.78, 5) is 15.2. The molecule has 0 amide bonds. The largest absolute Gasteiger partial charge is 0.550 e. The van der Waals surface area contributed by atoms with Crippen molar-refractivity contribution in [3.8, 4) is 28.6 Å². The van der Waals surface area contributed by atoms with Crippen LogP contribution in [0.4, 0.5) is 0 Å². The van der Waals surface area contributed by atoms with E-state index in [0.29, 0.717) is 38.6 Å². The summed E-state index contributed by atoms with van der Waals surface area (Å²) in [5.41, 5.74) is 2.19. The Kier molecular flexibility index (Phi) is 5.17. The molecule has 4 aromatic rings. The lowest BCUT2D eigenvalue weighted by atomic mass is 10.1. The van der Waals surface area contributed by atoms with Gasteiger partial charge in [0.25, 0.3) is 5.89 Å². The van der Waals surface area contributed by atoms with Crippen LogP contribution in [-0.2, 0) is 11.3 Å². The van der Waals surface area contributed by atoms with E-state index in [4.69, 9.17) is 32.5 Å². The summed E-state index contributed by atoms with van der Waals surface area (Å²) in [6.07, 6.45) is 1.60. The summed E-state index contributed by atoms with van der Waals surface area (Å²) in [6.45, 7) is 0.273. The molecule has 0 atom stereocenters. The third-order valence-electron chi connectivity index (χ3n) is 4.47. The molecule has 0 aliphatic heterocycles. The topological polar surface area (TPSA) is 93.2 Å². The van der Waals surface area contributed by atoms with Crippen LogP contribution in [-0.4, -0.2) is 27.8 Å². The van der Waals surface area contributed by atoms with Gasteiger partial charge in [-0.2, -0.15) is 4.98 Å². The van der Waals surface area contributed by atoms with E-state index < -0.39 is 5.97 Å². The fourth-order valence-corrected chi connectivity index (χ4v) is 3.57. The first-order valence-corrected chi connectivity index (χ1v) is 9.38. The number of halogens is 2. The molecular formula is C20H14Cl2N3O4-. The minimum absolute atomic E-state index is 0.0967. The minimum atomic E-state index is -1.11. The number of aromatic nitrogens is 3. The van der Waals surface area contributed by atoms with Gasteiger partial charge in [-0.15, -0.1) is 0 Å². The van der Waals surface area contributed by atoms with Crippen molar-refractivity contribution in [1.29, 1.82) is 0 Å². The molecule has 0 radical (unpaired) electrons. The first-order valence-electron chi connectivity index (χ1n) is 8.62. The average molecular weight is 431 g/mol. The maximum absolute atomic E-state index is 10.7. The summed E-state index contributed by atoms with van der Waals surface area (Å²) in [5.74, 6) is 0.158. The Morgan fingerprint density at radius 3 is 2.69 bits per heavy atom. The van der Waals surface area contributed by atoms with Gasteiger partial charge in [0.05, 0.1) is 17.2 Å². The first-order chi connectivity index (χ1) is 14.0. The zero-order valence-corrected chi connectivity index (χ0v) is 16.7. The van der Waals surface area contributed by atoms with Crippen molar-refractivity contribution in [2.24, 2.45) is 0 Å². The molecule has 29 heavy (non-hydrogen) atoms. The molecule has 4 rings (SSSR count). The van der Waals surface area contributed by atoms with Gasteiger partial charge in [-0.25, -0.2) is 0 Å². The zero-order chi connectivity index (χ0) is 20.5. The quantitative estimate of drug-likeness (QED) is 0.461. The molecule has 2 aromatic heterocycles. The minimum Gasteiger partial charge on any atom is -0.550 e. The normalized spacial score (nSPS) is 11.1. The Balaban J connectivity index is 1.66. The van der Waals surface area contributed by atoms with E-state index in [1.165, 1.54) is 0 Å². The van der Waals surface area contributed by atoms with Crippen molar-refractivity contribution >= 4 is 40.1 Å². The third kappa shape index (κ3) is 3.79. The maximum atomic E-state index is 10.7. The molecule has 0 unspecified atom stereocenters. The van der Waals surface area contributed by atoms with Crippen LogP contribution in [0.25, 0.3) is 33.7 Å². The molecule has 0 bridgehead atoms. The SMILES string of the molecule is COc1ccc(-c2nc(-c3ccc4c(c3)c(Cl)cn4CCC(=O)[O-])no2)cc1Cl. The predicted octanol–water partition coefficient (Wildman–Crippen LogP) is 3.81. The molecule has 0 saturated carbocycles. The molecule has 0 aliphatic rings. The third-order valence-corrected chi connectivity index (χ3v) is 5.07. The van der Waals surface area contributed by atoms with Gasteiger partial charge in [-0.3, -0.25) is 0 Å². The highest BCUT2D eigenvalue weighted by Gasteiger charge is 2.15. The number of ether oxygens (including phenoxy) is 1. The number of aryl methyl sites for hydroxylation is 1. The highest BCUT2D eigenvalue weighted by molar-refractivity contribution is 6.35. The second kappa shape index (κ2) is 7.77. The van der Waals surface area contributed by atoms with Crippen molar-refractivity contribution in [3.05, 3.63) is 52.6 Å². The fraction of sp³-hybridized carbons (Fsp3) is 0.150. The molecule has 2 heterocycles. The van der Waals surface area contributed by atoms with Crippen molar-refractivity contribution in [2.75, 3.05) is 7.11 Å². The standard InChI is InChI=1S/C20H15Cl2N3O4/c1-28-17-5-3-12(9-14(17)21)20-23-19(24-29-20)11-2-4-16-13(8-11)15(22)10-25(16)7-6-18(26)27/h2-5,8-10H,6-7H2,1H3,(H,26,27)/p-1. The first kappa shape index (κ1) is 19.3. The van der Waals surface area contributed by atoms with Crippen molar-refractivity contribution < 1.29 is 19.2 Å². The van der Waals surface area contributed by atoms with E-state index in [0.717, 1.165) is 10.9 Å². The highest BCUT2D eigenvalue weighted by Crippen LogP contribution is 2.32. The monoisotopic (exact) mass is 430 g/mol. The summed E-state index contributed by atoms with van der Waals surface area (Å²) < 4.78 is 12.3. The molecule has 0 saturated heterocycles. The van der Waals surface area contributed by atoms with Crippen LogP contribution < -0.4 is 9.84 Å². The van der Waals surface area contributed by atoms with Gasteiger partial charge >= 0.3 is 0 Å². The van der Waals surface area contributed by atoms with Crippen LogP contribution in [0.5, 0.6) is 5.75 Å². The molecule has 0 aliphatic carbocycles.